The van der Waals surface area contributed by atoms with Crippen LogP contribution in [0.1, 0.15) is 23.2 Å². The minimum absolute atomic E-state index is 0.112. The Morgan fingerprint density at radius 2 is 2.05 bits per heavy atom. The van der Waals surface area contributed by atoms with Crippen LogP contribution >= 0.6 is 0 Å². The zero-order valence-electron chi connectivity index (χ0n) is 11.6. The number of hydrogen-bond donors (Lipinski definition) is 1. The Labute approximate surface area is 121 Å². The number of anilines is 1. The molecule has 2 aliphatic heterocycles. The summed E-state index contributed by atoms with van der Waals surface area (Å²) in [5, 5.41) is 0. The van der Waals surface area contributed by atoms with Crippen LogP contribution in [0.25, 0.3) is 0 Å². The fraction of sp³-hybridized carbons (Fsp3) is 0.429. The highest BCUT2D eigenvalue weighted by Crippen LogP contribution is 2.37. The van der Waals surface area contributed by atoms with E-state index in [4.69, 9.17) is 19.9 Å². The van der Waals surface area contributed by atoms with Crippen LogP contribution in [0.15, 0.2) is 12.1 Å². The number of carbonyl (C=O) groups is 2. The Hall–Kier alpha value is -2.44. The van der Waals surface area contributed by atoms with E-state index in [2.05, 4.69) is 0 Å². The zero-order valence-corrected chi connectivity index (χ0v) is 11.6. The first-order valence-corrected chi connectivity index (χ1v) is 6.69. The number of nitrogens with two attached hydrogens (primary N) is 1. The number of benzene rings is 1. The summed E-state index contributed by atoms with van der Waals surface area (Å²) >= 11 is 0. The Balaban J connectivity index is 1.90. The van der Waals surface area contributed by atoms with E-state index in [9.17, 15) is 9.59 Å². The van der Waals surface area contributed by atoms with E-state index >= 15 is 0 Å². The van der Waals surface area contributed by atoms with Gasteiger partial charge in [-0.2, -0.15) is 0 Å². The summed E-state index contributed by atoms with van der Waals surface area (Å²) in [6.07, 6.45) is 1.36. The number of likely N-dealkylation sites (tertiary alicyclic amines) is 1. The summed E-state index contributed by atoms with van der Waals surface area (Å²) in [5.41, 5.74) is 6.54. The highest BCUT2D eigenvalue weighted by Gasteiger charge is 2.36. The van der Waals surface area contributed by atoms with Gasteiger partial charge in [0.05, 0.1) is 12.7 Å². The molecule has 1 aromatic rings. The molecule has 7 heteroatoms. The lowest BCUT2D eigenvalue weighted by atomic mass is 10.1. The van der Waals surface area contributed by atoms with Crippen LogP contribution in [0.2, 0.25) is 0 Å². The second kappa shape index (κ2) is 5.16. The minimum atomic E-state index is -0.549. The average molecular weight is 292 g/mol. The first-order valence-electron chi connectivity index (χ1n) is 6.69. The molecule has 0 saturated carbocycles. The lowest BCUT2D eigenvalue weighted by Crippen LogP contribution is -2.41. The van der Waals surface area contributed by atoms with Gasteiger partial charge in [0.25, 0.3) is 5.91 Å². The summed E-state index contributed by atoms with van der Waals surface area (Å²) in [6.45, 7) is 0.618. The van der Waals surface area contributed by atoms with Crippen LogP contribution in [0, 0.1) is 0 Å². The van der Waals surface area contributed by atoms with Gasteiger partial charge in [0, 0.05) is 18.3 Å². The maximum atomic E-state index is 12.6. The van der Waals surface area contributed by atoms with E-state index in [-0.39, 0.29) is 12.7 Å². The number of methoxy groups -OCH3 is 1. The molecule has 1 aromatic carbocycles. The SMILES string of the molecule is COC(=O)C1CCCN1C(=O)c1cc2c(cc1N)OCO2. The largest absolute Gasteiger partial charge is 0.467 e. The summed E-state index contributed by atoms with van der Waals surface area (Å²) in [4.78, 5) is 25.9. The minimum Gasteiger partial charge on any atom is -0.467 e. The molecule has 0 radical (unpaired) electrons. The molecule has 1 atom stereocenters. The Morgan fingerprint density at radius 1 is 1.33 bits per heavy atom. The lowest BCUT2D eigenvalue weighted by molar-refractivity contribution is -0.145. The number of nitrogen functional groups attached to an aromatic ring is 1. The van der Waals surface area contributed by atoms with E-state index in [1.807, 2.05) is 0 Å². The summed E-state index contributed by atoms with van der Waals surface area (Å²) < 4.78 is 15.2. The normalized spacial score (nSPS) is 19.7. The smallest absolute Gasteiger partial charge is 0.328 e. The van der Waals surface area contributed by atoms with E-state index in [1.165, 1.54) is 12.0 Å². The molecule has 0 aliphatic carbocycles. The van der Waals surface area contributed by atoms with E-state index < -0.39 is 12.0 Å². The maximum Gasteiger partial charge on any atom is 0.328 e. The van der Waals surface area contributed by atoms with Crippen molar-refractivity contribution in [3.63, 3.8) is 0 Å². The van der Waals surface area contributed by atoms with Gasteiger partial charge in [0.2, 0.25) is 6.79 Å². The number of rotatable bonds is 2. The predicted molar refractivity (Wildman–Crippen MR) is 73.1 cm³/mol. The van der Waals surface area contributed by atoms with Crippen LogP contribution in [0.3, 0.4) is 0 Å². The van der Waals surface area contributed by atoms with Crippen molar-refractivity contribution in [2.24, 2.45) is 0 Å². The fourth-order valence-electron chi connectivity index (χ4n) is 2.69. The molecule has 2 N–H and O–H groups in total. The van der Waals surface area contributed by atoms with Crippen LogP contribution in [-0.2, 0) is 9.53 Å². The van der Waals surface area contributed by atoms with Gasteiger partial charge < -0.3 is 24.8 Å². The summed E-state index contributed by atoms with van der Waals surface area (Å²) in [5.74, 6) is 0.315. The number of carbonyl (C=O) groups excluding carboxylic acids is 2. The van der Waals surface area contributed by atoms with Crippen LogP contribution < -0.4 is 15.2 Å². The number of nitrogens with zero attached hydrogens (tertiary/aromatic N) is 1. The third kappa shape index (κ3) is 2.24. The molecule has 1 amide bonds. The van der Waals surface area contributed by atoms with Crippen molar-refractivity contribution in [3.05, 3.63) is 17.7 Å². The molecule has 0 spiro atoms. The molecule has 0 bridgehead atoms. The first kappa shape index (κ1) is 13.5. The molecule has 21 heavy (non-hydrogen) atoms. The number of hydrogen-bond acceptors (Lipinski definition) is 6. The molecular formula is C14H16N2O5. The van der Waals surface area contributed by atoms with Gasteiger partial charge in [-0.05, 0) is 18.9 Å². The average Bonchev–Trinajstić information content (AvgIpc) is 3.13. The molecule has 1 unspecified atom stereocenters. The molecule has 3 rings (SSSR count). The van der Waals surface area contributed by atoms with Gasteiger partial charge >= 0.3 is 5.97 Å². The molecule has 0 aromatic heterocycles. The molecule has 2 aliphatic rings. The molecule has 112 valence electrons. The van der Waals surface area contributed by atoms with Gasteiger partial charge in [-0.1, -0.05) is 0 Å². The van der Waals surface area contributed by atoms with Crippen molar-refractivity contribution < 1.29 is 23.8 Å². The van der Waals surface area contributed by atoms with Gasteiger partial charge in [-0.15, -0.1) is 0 Å². The van der Waals surface area contributed by atoms with Crippen molar-refractivity contribution in [2.45, 2.75) is 18.9 Å². The van der Waals surface area contributed by atoms with E-state index in [0.29, 0.717) is 35.7 Å². The highest BCUT2D eigenvalue weighted by molar-refractivity contribution is 6.02. The van der Waals surface area contributed by atoms with E-state index in [0.717, 1.165) is 6.42 Å². The van der Waals surface area contributed by atoms with Crippen molar-refractivity contribution in [1.29, 1.82) is 0 Å². The monoisotopic (exact) mass is 292 g/mol. The fourth-order valence-corrected chi connectivity index (χ4v) is 2.69. The van der Waals surface area contributed by atoms with Crippen molar-refractivity contribution in [3.8, 4) is 11.5 Å². The number of ether oxygens (including phenoxy) is 3. The second-order valence-corrected chi connectivity index (χ2v) is 4.97. The second-order valence-electron chi connectivity index (χ2n) is 4.97. The molecule has 2 heterocycles. The molecule has 1 saturated heterocycles. The third-order valence-electron chi connectivity index (χ3n) is 3.76. The molecular weight excluding hydrogens is 276 g/mol. The van der Waals surface area contributed by atoms with Crippen LogP contribution in [0.5, 0.6) is 11.5 Å². The predicted octanol–water partition coefficient (Wildman–Crippen LogP) is 0.775. The van der Waals surface area contributed by atoms with Gasteiger partial charge in [0.15, 0.2) is 11.5 Å². The summed E-state index contributed by atoms with van der Waals surface area (Å²) in [6, 6.07) is 2.58. The van der Waals surface area contributed by atoms with Crippen LogP contribution in [0.4, 0.5) is 5.69 Å². The third-order valence-corrected chi connectivity index (χ3v) is 3.76. The van der Waals surface area contributed by atoms with Crippen molar-refractivity contribution in [2.75, 3.05) is 26.2 Å². The van der Waals surface area contributed by atoms with Crippen molar-refractivity contribution in [1.82, 2.24) is 4.90 Å². The zero-order chi connectivity index (χ0) is 15.0. The molecule has 1 fully saturated rings. The van der Waals surface area contributed by atoms with E-state index in [1.54, 1.807) is 12.1 Å². The molecule has 7 nitrogen and oxygen atoms in total. The Kier molecular flexibility index (Phi) is 3.32. The number of esters is 1. The summed E-state index contributed by atoms with van der Waals surface area (Å²) in [7, 11) is 1.32. The van der Waals surface area contributed by atoms with Gasteiger partial charge in [-0.3, -0.25) is 4.79 Å². The quantitative estimate of drug-likeness (QED) is 0.639. The van der Waals surface area contributed by atoms with Gasteiger partial charge in [-0.25, -0.2) is 4.79 Å². The van der Waals surface area contributed by atoms with Gasteiger partial charge in [0.1, 0.15) is 6.04 Å². The van der Waals surface area contributed by atoms with Crippen LogP contribution in [-0.4, -0.2) is 43.3 Å². The Bertz CT molecular complexity index is 601. The number of amides is 1. The first-order chi connectivity index (χ1) is 10.1. The lowest BCUT2D eigenvalue weighted by Gasteiger charge is -2.23. The highest BCUT2D eigenvalue weighted by atomic mass is 16.7. The Morgan fingerprint density at radius 3 is 2.76 bits per heavy atom. The maximum absolute atomic E-state index is 12.6. The number of fused-ring (bicyclic) bond motifs is 1. The van der Waals surface area contributed by atoms with Crippen molar-refractivity contribution >= 4 is 17.6 Å². The standard InChI is InChI=1S/C14H16N2O5/c1-19-14(18)10-3-2-4-16(10)13(17)8-5-11-12(6-9(8)15)21-7-20-11/h5-6,10H,2-4,7,15H2,1H3. The topological polar surface area (TPSA) is 91.1 Å².